The van der Waals surface area contributed by atoms with Crippen molar-refractivity contribution >= 4 is 49.5 Å². The molecule has 0 atom stereocenters. The third-order valence-electron chi connectivity index (χ3n) is 5.44. The van der Waals surface area contributed by atoms with Gasteiger partial charge in [-0.15, -0.1) is 0 Å². The monoisotopic (exact) mass is 466 g/mol. The lowest BCUT2D eigenvalue weighted by Gasteiger charge is -2.38. The number of carbonyl (C=O) groups excluding carboxylic acids is 1. The largest absolute Gasteiger partial charge is 0.326 e. The number of piperazine rings is 1. The van der Waals surface area contributed by atoms with Crippen molar-refractivity contribution in [2.75, 3.05) is 51.3 Å². The second kappa shape index (κ2) is 8.51. The molecule has 1 fully saturated rings. The minimum Gasteiger partial charge on any atom is -0.306 e. The van der Waals surface area contributed by atoms with Crippen molar-refractivity contribution in [3.8, 4) is 0 Å². The van der Waals surface area contributed by atoms with Crippen LogP contribution in [0.3, 0.4) is 0 Å². The van der Waals surface area contributed by atoms with Gasteiger partial charge in [0.2, 0.25) is 0 Å². The summed E-state index contributed by atoms with van der Waals surface area (Å²) >= 11 is 4.71. The van der Waals surface area contributed by atoms with Crippen molar-refractivity contribution in [1.29, 1.82) is 0 Å². The van der Waals surface area contributed by atoms with Gasteiger partial charge in [0.25, 0.3) is 0 Å². The first kappa shape index (κ1) is 21.3. The Labute approximate surface area is 178 Å². The number of aromatic nitrogens is 1. The number of thiazole rings is 1. The minimum absolute atomic E-state index is 0.0189. The predicted molar refractivity (Wildman–Crippen MR) is 121 cm³/mol. The molecular formula is C20H27BrN4O2S. The zero-order chi connectivity index (χ0) is 20.5. The van der Waals surface area contributed by atoms with E-state index in [1.165, 1.54) is 17.4 Å². The number of hydrogen-bond donors (Lipinski definition) is 0. The van der Waals surface area contributed by atoms with Crippen LogP contribution in [0.5, 0.6) is 0 Å². The summed E-state index contributed by atoms with van der Waals surface area (Å²) in [6.45, 7) is 12.1. The summed E-state index contributed by atoms with van der Waals surface area (Å²) in [7, 11) is 2.16. The molecular weight excluding hydrogens is 440 g/mol. The van der Waals surface area contributed by atoms with E-state index in [1.807, 2.05) is 18.1 Å². The Morgan fingerprint density at radius 2 is 1.93 bits per heavy atom. The molecule has 0 bridgehead atoms. The fourth-order valence-corrected chi connectivity index (χ4v) is 4.68. The molecule has 8 heteroatoms. The molecule has 2 aromatic rings. The number of nitrogens with zero attached hydrogens (tertiary/aromatic N) is 4. The molecule has 0 saturated carbocycles. The molecule has 2 heterocycles. The van der Waals surface area contributed by atoms with Crippen LogP contribution in [0.25, 0.3) is 16.3 Å². The summed E-state index contributed by atoms with van der Waals surface area (Å²) in [5.41, 5.74) is 1.66. The molecule has 1 saturated heterocycles. The van der Waals surface area contributed by atoms with E-state index < -0.39 is 0 Å². The van der Waals surface area contributed by atoms with Gasteiger partial charge in [0.05, 0.1) is 10.2 Å². The fourth-order valence-electron chi connectivity index (χ4n) is 3.33. The Balaban J connectivity index is 1.77. The van der Waals surface area contributed by atoms with Gasteiger partial charge in [-0.1, -0.05) is 27.3 Å². The van der Waals surface area contributed by atoms with Gasteiger partial charge in [0.1, 0.15) is 5.94 Å². The Kier molecular flexibility index (Phi) is 6.47. The zero-order valence-electron chi connectivity index (χ0n) is 16.9. The van der Waals surface area contributed by atoms with Crippen LogP contribution in [-0.2, 0) is 4.79 Å². The van der Waals surface area contributed by atoms with Crippen LogP contribution in [0.15, 0.2) is 21.4 Å². The average Bonchev–Trinajstić information content (AvgIpc) is 2.98. The number of benzene rings is 1. The smallest absolute Gasteiger partial charge is 0.306 e. The molecule has 1 aliphatic heterocycles. The second-order valence-corrected chi connectivity index (χ2v) is 9.98. The first-order chi connectivity index (χ1) is 13.2. The molecule has 152 valence electrons. The Morgan fingerprint density at radius 3 is 2.54 bits per heavy atom. The standard InChI is InChI=1S/C20H27BrN4O2S/c1-20(2,3)22(4)8-9-23-10-12-24(13-11-23)25-18-15(7-14-26)16(21)5-6-17(18)28-19(25)27/h5-7H,8-13H2,1-4H3. The van der Waals surface area contributed by atoms with Gasteiger partial charge in [-0.2, -0.15) is 0 Å². The minimum atomic E-state index is -0.0189. The molecule has 3 rings (SSSR count). The van der Waals surface area contributed by atoms with Crippen molar-refractivity contribution in [2.24, 2.45) is 0 Å². The lowest BCUT2D eigenvalue weighted by molar-refractivity contribution is 0.140. The average molecular weight is 467 g/mol. The van der Waals surface area contributed by atoms with E-state index in [0.29, 0.717) is 5.56 Å². The number of fused-ring (bicyclic) bond motifs is 1. The Morgan fingerprint density at radius 1 is 1.25 bits per heavy atom. The van der Waals surface area contributed by atoms with E-state index in [0.717, 1.165) is 54.0 Å². The maximum atomic E-state index is 12.7. The lowest BCUT2D eigenvalue weighted by Crippen LogP contribution is -2.54. The Hall–Kier alpha value is -1.44. The van der Waals surface area contributed by atoms with Crippen molar-refractivity contribution in [1.82, 2.24) is 14.5 Å². The number of rotatable bonds is 5. The zero-order valence-corrected chi connectivity index (χ0v) is 19.3. The van der Waals surface area contributed by atoms with E-state index in [-0.39, 0.29) is 10.4 Å². The van der Waals surface area contributed by atoms with E-state index in [9.17, 15) is 9.59 Å². The third kappa shape index (κ3) is 4.42. The highest BCUT2D eigenvalue weighted by Gasteiger charge is 2.23. The van der Waals surface area contributed by atoms with Crippen LogP contribution in [0.1, 0.15) is 26.3 Å². The first-order valence-electron chi connectivity index (χ1n) is 9.46. The molecule has 1 aromatic carbocycles. The molecule has 0 N–H and O–H groups in total. The molecule has 28 heavy (non-hydrogen) atoms. The molecule has 0 spiro atoms. The highest BCUT2D eigenvalue weighted by atomic mass is 79.9. The van der Waals surface area contributed by atoms with Crippen molar-refractivity contribution in [3.63, 3.8) is 0 Å². The summed E-state index contributed by atoms with van der Waals surface area (Å²) in [5, 5.41) is 2.10. The number of likely N-dealkylation sites (N-methyl/N-ethyl adjacent to an activating group) is 1. The van der Waals surface area contributed by atoms with E-state index >= 15 is 0 Å². The number of halogens is 1. The van der Waals surface area contributed by atoms with Crippen LogP contribution in [0.2, 0.25) is 0 Å². The number of hydrogen-bond acceptors (Lipinski definition) is 6. The van der Waals surface area contributed by atoms with Crippen molar-refractivity contribution < 1.29 is 4.79 Å². The summed E-state index contributed by atoms with van der Waals surface area (Å²) in [6, 6.07) is 3.79. The van der Waals surface area contributed by atoms with Gasteiger partial charge < -0.3 is 9.91 Å². The molecule has 0 aliphatic carbocycles. The maximum Gasteiger partial charge on any atom is 0.326 e. The molecule has 0 amide bonds. The highest BCUT2D eigenvalue weighted by Crippen LogP contribution is 2.29. The van der Waals surface area contributed by atoms with Crippen LogP contribution >= 0.6 is 27.3 Å². The van der Waals surface area contributed by atoms with Gasteiger partial charge in [-0.25, -0.2) is 9.47 Å². The fraction of sp³-hybridized carbons (Fsp3) is 0.550. The molecule has 1 aromatic heterocycles. The lowest BCUT2D eigenvalue weighted by atomic mass is 10.1. The highest BCUT2D eigenvalue weighted by molar-refractivity contribution is 9.10. The molecule has 0 radical (unpaired) electrons. The quantitative estimate of drug-likeness (QED) is 0.633. The van der Waals surface area contributed by atoms with Gasteiger partial charge in [-0.3, -0.25) is 9.69 Å². The predicted octanol–water partition coefficient (Wildman–Crippen LogP) is 2.65. The topological polar surface area (TPSA) is 48.8 Å². The van der Waals surface area contributed by atoms with Gasteiger partial charge in [0, 0.05) is 60.9 Å². The molecule has 6 nitrogen and oxygen atoms in total. The van der Waals surface area contributed by atoms with Gasteiger partial charge >= 0.3 is 4.87 Å². The molecule has 1 aliphatic rings. The van der Waals surface area contributed by atoms with Crippen LogP contribution in [0, 0.1) is 0 Å². The van der Waals surface area contributed by atoms with Crippen molar-refractivity contribution in [3.05, 3.63) is 31.8 Å². The maximum absolute atomic E-state index is 12.7. The normalized spacial score (nSPS) is 16.0. The van der Waals surface area contributed by atoms with Crippen LogP contribution in [0.4, 0.5) is 0 Å². The summed E-state index contributed by atoms with van der Waals surface area (Å²) in [6.07, 6.45) is 1.40. The SMILES string of the molecule is CN(CCN1CCN(n2c(=O)sc3ccc(Br)c(C=C=O)c32)CC1)C(C)(C)C. The van der Waals surface area contributed by atoms with Crippen LogP contribution < -0.4 is 9.88 Å². The van der Waals surface area contributed by atoms with Crippen molar-refractivity contribution in [2.45, 2.75) is 26.3 Å². The van der Waals surface area contributed by atoms with Gasteiger partial charge in [-0.05, 0) is 40.0 Å². The molecule has 0 unspecified atom stereocenters. The summed E-state index contributed by atoms with van der Waals surface area (Å²) < 4.78 is 3.41. The van der Waals surface area contributed by atoms with E-state index in [1.54, 1.807) is 4.68 Å². The summed E-state index contributed by atoms with van der Waals surface area (Å²) in [5.74, 6) is 1.86. The van der Waals surface area contributed by atoms with E-state index in [2.05, 4.69) is 58.6 Å². The Bertz CT molecular complexity index is 947. The third-order valence-corrected chi connectivity index (χ3v) is 7.03. The van der Waals surface area contributed by atoms with E-state index in [4.69, 9.17) is 0 Å². The van der Waals surface area contributed by atoms with Crippen LogP contribution in [-0.4, -0.2) is 72.3 Å². The second-order valence-electron chi connectivity index (χ2n) is 8.14. The first-order valence-corrected chi connectivity index (χ1v) is 11.1. The summed E-state index contributed by atoms with van der Waals surface area (Å²) in [4.78, 5) is 28.5. The van der Waals surface area contributed by atoms with Gasteiger partial charge in [0.15, 0.2) is 0 Å².